The van der Waals surface area contributed by atoms with Gasteiger partial charge in [0.25, 0.3) is 11.8 Å². The molecule has 17 nitrogen and oxygen atoms in total. The van der Waals surface area contributed by atoms with Crippen molar-refractivity contribution in [2.45, 2.75) is 169 Å². The maximum atomic E-state index is 17.2. The van der Waals surface area contributed by atoms with Crippen LogP contribution in [0.15, 0.2) is 89.1 Å². The molecule has 2 aromatic heterocycles. The fraction of sp³-hybridized carbons (Fsp3) is 0.455. The van der Waals surface area contributed by atoms with E-state index < -0.39 is 77.6 Å². The average Bonchev–Trinajstić information content (AvgIpc) is 2.07. The molecule has 10 rings (SSSR count). The largest absolute Gasteiger partial charge is 0.485 e. The molecule has 448 valence electrons. The Morgan fingerprint density at radius 2 is 1.28 bits per heavy atom. The topological polar surface area (TPSA) is 208 Å². The van der Waals surface area contributed by atoms with Gasteiger partial charge >= 0.3 is 0 Å². The average molecular weight is 1180 g/mol. The summed E-state index contributed by atoms with van der Waals surface area (Å²) in [7, 11) is 0. The SMILES string of the molecule is Cc1ncoc1-c1ccc(CNC(=O)C2CC(Oc3ccc4c(c3F)C(=O)N(C(C(=O)N3CC(O)CC3C(=O)NCc3ccc(-c5scnc5C)cc3C(C)(C)C)C(C)C)C4)CN2C(=O)C(C(C)C)N2Cc3ccccc3C2=O)c(C(C)(C)C)c1. The summed E-state index contributed by atoms with van der Waals surface area (Å²) in [4.78, 5) is 103. The summed E-state index contributed by atoms with van der Waals surface area (Å²) in [5.74, 6) is -4.39. The molecule has 6 aromatic rings. The predicted octanol–water partition coefficient (Wildman–Crippen LogP) is 9.42. The second-order valence-electron chi connectivity index (χ2n) is 25.9. The van der Waals surface area contributed by atoms with E-state index in [0.717, 1.165) is 55.2 Å². The molecule has 4 aromatic carbocycles. The zero-order chi connectivity index (χ0) is 61.1. The summed E-state index contributed by atoms with van der Waals surface area (Å²) >= 11 is 1.56. The molecule has 3 N–H and O–H groups in total. The molecule has 4 aliphatic heterocycles. The maximum absolute atomic E-state index is 17.2. The molecular formula is C66H77FN8O9S. The van der Waals surface area contributed by atoms with E-state index in [0.29, 0.717) is 16.9 Å². The van der Waals surface area contributed by atoms with Crippen molar-refractivity contribution in [1.29, 1.82) is 0 Å². The third-order valence-electron chi connectivity index (χ3n) is 17.1. The summed E-state index contributed by atoms with van der Waals surface area (Å²) in [5.41, 5.74) is 9.86. The molecule has 6 amide bonds. The molecule has 2 saturated heterocycles. The second-order valence-corrected chi connectivity index (χ2v) is 26.8. The molecule has 6 unspecified atom stereocenters. The number of hydrogen-bond donors (Lipinski definition) is 3. The van der Waals surface area contributed by atoms with E-state index in [2.05, 4.69) is 68.2 Å². The molecular weight excluding hydrogens is 1100 g/mol. The zero-order valence-corrected chi connectivity index (χ0v) is 51.4. The quantitative estimate of drug-likeness (QED) is 0.0832. The molecule has 0 saturated carbocycles. The molecule has 19 heteroatoms. The minimum atomic E-state index is -1.13. The summed E-state index contributed by atoms with van der Waals surface area (Å²) in [5, 5.41) is 17.2. The summed E-state index contributed by atoms with van der Waals surface area (Å²) < 4.78 is 29.4. The highest BCUT2D eigenvalue weighted by molar-refractivity contribution is 7.13. The smallest absolute Gasteiger partial charge is 0.258 e. The predicted molar refractivity (Wildman–Crippen MR) is 321 cm³/mol. The van der Waals surface area contributed by atoms with Crippen molar-refractivity contribution in [2.24, 2.45) is 11.8 Å². The third kappa shape index (κ3) is 11.9. The van der Waals surface area contributed by atoms with E-state index in [-0.39, 0.29) is 86.1 Å². The number of aromatic nitrogens is 2. The van der Waals surface area contributed by atoms with Crippen LogP contribution in [0.1, 0.15) is 148 Å². The molecule has 85 heavy (non-hydrogen) atoms. The van der Waals surface area contributed by atoms with Crippen LogP contribution in [0.2, 0.25) is 0 Å². The molecule has 4 aliphatic rings. The third-order valence-corrected chi connectivity index (χ3v) is 18.0. The van der Waals surface area contributed by atoms with Crippen LogP contribution in [-0.2, 0) is 56.2 Å². The van der Waals surface area contributed by atoms with Gasteiger partial charge in [0.15, 0.2) is 23.7 Å². The van der Waals surface area contributed by atoms with Gasteiger partial charge in [0, 0.05) is 56.7 Å². The maximum Gasteiger partial charge on any atom is 0.258 e. The number of carbonyl (C=O) groups excluding carboxylic acids is 6. The number of ether oxygens (including phenoxy) is 1. The zero-order valence-electron chi connectivity index (χ0n) is 50.5. The molecule has 6 heterocycles. The number of aliphatic hydroxyl groups is 1. The Labute approximate surface area is 500 Å². The van der Waals surface area contributed by atoms with Crippen molar-refractivity contribution in [3.8, 4) is 27.5 Å². The number of halogens is 1. The van der Waals surface area contributed by atoms with Crippen LogP contribution in [0.5, 0.6) is 5.75 Å². The minimum Gasteiger partial charge on any atom is -0.485 e. The number of β-amino-alcohol motifs (C(OH)–C–C–N with tert-alkyl or cyclic N) is 1. The van der Waals surface area contributed by atoms with Gasteiger partial charge in [-0.1, -0.05) is 118 Å². The molecule has 2 fully saturated rings. The number of nitrogens with zero attached hydrogens (tertiary/aromatic N) is 6. The number of oxazole rings is 1. The number of aryl methyl sites for hydroxylation is 2. The Morgan fingerprint density at radius 1 is 0.718 bits per heavy atom. The van der Waals surface area contributed by atoms with Gasteiger partial charge < -0.3 is 44.5 Å². The molecule has 0 bridgehead atoms. The number of carbonyl (C=O) groups is 6. The van der Waals surface area contributed by atoms with Crippen molar-refractivity contribution in [3.05, 3.63) is 146 Å². The molecule has 6 atom stereocenters. The van der Waals surface area contributed by atoms with Crippen LogP contribution in [0.25, 0.3) is 21.8 Å². The number of aliphatic hydroxyl groups excluding tert-OH is 1. The first-order valence-corrected chi connectivity index (χ1v) is 30.2. The lowest BCUT2D eigenvalue weighted by atomic mass is 9.82. The first-order chi connectivity index (χ1) is 40.2. The number of thiazole rings is 1. The molecule has 0 radical (unpaired) electrons. The second kappa shape index (κ2) is 23.6. The van der Waals surface area contributed by atoms with E-state index in [1.54, 1.807) is 48.3 Å². The van der Waals surface area contributed by atoms with Crippen LogP contribution >= 0.6 is 11.3 Å². The highest BCUT2D eigenvalue weighted by Crippen LogP contribution is 2.39. The van der Waals surface area contributed by atoms with Gasteiger partial charge in [-0.3, -0.25) is 28.8 Å². The van der Waals surface area contributed by atoms with Crippen LogP contribution in [0.3, 0.4) is 0 Å². The number of fused-ring (bicyclic) bond motifs is 2. The van der Waals surface area contributed by atoms with Crippen molar-refractivity contribution in [3.63, 3.8) is 0 Å². The lowest BCUT2D eigenvalue weighted by Crippen LogP contribution is -2.55. The number of rotatable bonds is 16. The minimum absolute atomic E-state index is 0.00580. The highest BCUT2D eigenvalue weighted by atomic mass is 32.1. The van der Waals surface area contributed by atoms with Crippen LogP contribution in [-0.4, -0.2) is 120 Å². The van der Waals surface area contributed by atoms with Crippen molar-refractivity contribution in [2.75, 3.05) is 13.1 Å². The van der Waals surface area contributed by atoms with E-state index >= 15 is 9.18 Å². The molecule has 0 spiro atoms. The number of nitrogens with one attached hydrogen (secondary N) is 2. The Hall–Kier alpha value is -7.77. The first kappa shape index (κ1) is 60.4. The fourth-order valence-corrected chi connectivity index (χ4v) is 13.6. The van der Waals surface area contributed by atoms with Gasteiger partial charge in [-0.05, 0) is 99.7 Å². The van der Waals surface area contributed by atoms with E-state index in [1.807, 2.05) is 75.7 Å². The van der Waals surface area contributed by atoms with Crippen molar-refractivity contribution < 1.29 is 47.4 Å². The Balaban J connectivity index is 0.870. The number of benzene rings is 4. The van der Waals surface area contributed by atoms with Gasteiger partial charge in [-0.25, -0.2) is 14.4 Å². The Morgan fingerprint density at radius 3 is 1.85 bits per heavy atom. The Kier molecular flexibility index (Phi) is 16.8. The van der Waals surface area contributed by atoms with E-state index in [1.165, 1.54) is 27.2 Å². The highest BCUT2D eigenvalue weighted by Gasteiger charge is 2.49. The number of likely N-dealkylation sites (tertiary alicyclic amines) is 2. The Bertz CT molecular complexity index is 3600. The number of hydrogen-bond acceptors (Lipinski definition) is 12. The van der Waals surface area contributed by atoms with Gasteiger partial charge in [0.05, 0.1) is 40.0 Å². The van der Waals surface area contributed by atoms with Gasteiger partial charge in [0.2, 0.25) is 23.6 Å². The van der Waals surface area contributed by atoms with Gasteiger partial charge in [0.1, 0.15) is 30.3 Å². The monoisotopic (exact) mass is 1180 g/mol. The van der Waals surface area contributed by atoms with Crippen LogP contribution in [0, 0.1) is 31.5 Å². The van der Waals surface area contributed by atoms with Crippen LogP contribution < -0.4 is 15.4 Å². The first-order valence-electron chi connectivity index (χ1n) is 29.3. The summed E-state index contributed by atoms with van der Waals surface area (Å²) in [6, 6.07) is 18.0. The van der Waals surface area contributed by atoms with Crippen LogP contribution in [0.4, 0.5) is 4.39 Å². The van der Waals surface area contributed by atoms with Gasteiger partial charge in [-0.15, -0.1) is 11.3 Å². The van der Waals surface area contributed by atoms with E-state index in [4.69, 9.17) is 9.15 Å². The fourth-order valence-electron chi connectivity index (χ4n) is 12.8. The van der Waals surface area contributed by atoms with Gasteiger partial charge in [-0.2, -0.15) is 0 Å². The lowest BCUT2D eigenvalue weighted by molar-refractivity contribution is -0.143. The van der Waals surface area contributed by atoms with Crippen molar-refractivity contribution >= 4 is 46.8 Å². The van der Waals surface area contributed by atoms with E-state index in [9.17, 15) is 29.1 Å². The summed E-state index contributed by atoms with van der Waals surface area (Å²) in [6.45, 7) is 23.8. The summed E-state index contributed by atoms with van der Waals surface area (Å²) in [6.07, 6.45) is -0.577. The standard InChI is InChI=1S/C66H77FN8O9S/c1-35(2)55(74-29-43-15-13-14-16-47(43)61(74)79)64(82)73-32-46(26-51(73)60(78)69-27-41-19-17-39(23-48(41)65(7,8)9)57-37(5)70-33-83-57)84-52-22-21-44-30-75(62(80)53(44)54(52)67)56(36(3)4)63(81)72-31-45(76)25-50(72)59(77)68-28-42-20-18-40(24-49(42)66(10,11)12)58-38(6)71-34-85-58/h13-24,33-36,45-46,50-51,55-56,76H,25-32H2,1-12H3,(H,68,77)(H,69,78). The number of amides is 6. The normalized spacial score (nSPS) is 19.5. The van der Waals surface area contributed by atoms with Crippen molar-refractivity contribution in [1.82, 2.24) is 40.2 Å². The molecule has 0 aliphatic carbocycles. The lowest BCUT2D eigenvalue weighted by Gasteiger charge is -2.35.